The first-order chi connectivity index (χ1) is 12.2. The summed E-state index contributed by atoms with van der Waals surface area (Å²) in [5.74, 6) is 1.31. The van der Waals surface area contributed by atoms with Crippen molar-refractivity contribution in [2.75, 3.05) is 31.6 Å². The minimum atomic E-state index is -0.362. The second kappa shape index (κ2) is 9.09. The molecule has 1 aromatic carbocycles. The molecule has 1 N–H and O–H groups in total. The third-order valence-corrected chi connectivity index (χ3v) is 5.20. The van der Waals surface area contributed by atoms with Crippen LogP contribution in [0, 0.1) is 5.92 Å². The van der Waals surface area contributed by atoms with E-state index in [2.05, 4.69) is 17.1 Å². The fraction of sp³-hybridized carbons (Fsp3) is 0.650. The Balaban J connectivity index is 1.44. The minimum absolute atomic E-state index is 0.0282. The minimum Gasteiger partial charge on any atom is -0.494 e. The van der Waals surface area contributed by atoms with Crippen LogP contribution in [-0.2, 0) is 4.74 Å². The van der Waals surface area contributed by atoms with Gasteiger partial charge in [0.15, 0.2) is 0 Å². The Hall–Kier alpha value is -1.75. The van der Waals surface area contributed by atoms with Gasteiger partial charge in [-0.15, -0.1) is 0 Å². The van der Waals surface area contributed by atoms with Gasteiger partial charge in [0.1, 0.15) is 11.9 Å². The number of nitrogens with zero attached hydrogens (tertiary/aromatic N) is 1. The summed E-state index contributed by atoms with van der Waals surface area (Å²) in [6.45, 7) is 6.07. The van der Waals surface area contributed by atoms with Crippen LogP contribution in [-0.4, -0.2) is 43.3 Å². The molecule has 3 heterocycles. The first-order valence-corrected chi connectivity index (χ1v) is 9.67. The summed E-state index contributed by atoms with van der Waals surface area (Å²) >= 11 is 0. The quantitative estimate of drug-likeness (QED) is 0.714. The highest BCUT2D eigenvalue weighted by Crippen LogP contribution is 2.29. The van der Waals surface area contributed by atoms with Crippen molar-refractivity contribution < 1.29 is 14.3 Å². The van der Waals surface area contributed by atoms with Crippen molar-refractivity contribution in [1.82, 2.24) is 4.90 Å². The fourth-order valence-corrected chi connectivity index (χ4v) is 3.71. The number of benzene rings is 1. The monoisotopic (exact) mass is 346 g/mol. The number of hydrogen-bond donors (Lipinski definition) is 1. The summed E-state index contributed by atoms with van der Waals surface area (Å²) in [5, 5.41) is 2.84. The van der Waals surface area contributed by atoms with E-state index in [0.717, 1.165) is 50.3 Å². The number of hydrogen-bond acceptors (Lipinski definition) is 4. The first kappa shape index (κ1) is 18.1. The molecule has 138 valence electrons. The molecule has 0 saturated carbocycles. The Morgan fingerprint density at radius 2 is 2.08 bits per heavy atom. The third kappa shape index (κ3) is 5.36. The van der Waals surface area contributed by atoms with Crippen molar-refractivity contribution in [3.63, 3.8) is 0 Å². The Bertz CT molecular complexity index is 556. The molecule has 0 spiro atoms. The van der Waals surface area contributed by atoms with Crippen molar-refractivity contribution in [2.45, 2.75) is 51.6 Å². The van der Waals surface area contributed by atoms with Gasteiger partial charge in [0.05, 0.1) is 6.61 Å². The predicted octanol–water partition coefficient (Wildman–Crippen LogP) is 4.29. The van der Waals surface area contributed by atoms with Gasteiger partial charge in [-0.2, -0.15) is 0 Å². The molecule has 3 saturated heterocycles. The molecule has 3 fully saturated rings. The van der Waals surface area contributed by atoms with Crippen LogP contribution >= 0.6 is 0 Å². The molecule has 0 unspecified atom stereocenters. The molecule has 0 radical (unpaired) electrons. The maximum atomic E-state index is 12.2. The lowest BCUT2D eigenvalue weighted by Gasteiger charge is -2.43. The van der Waals surface area contributed by atoms with Crippen LogP contribution < -0.4 is 10.1 Å². The number of amides is 1. The summed E-state index contributed by atoms with van der Waals surface area (Å²) in [7, 11) is 0. The standard InChI is InChI=1S/C20H30N2O3/c1-2-3-4-5-13-24-18-8-6-7-17(14-18)21-20(23)25-19-15-22-11-9-16(19)10-12-22/h6-8,14,16,19H,2-5,9-13,15H2,1H3,(H,21,23)/t19-/m1/s1. The molecule has 2 bridgehead atoms. The third-order valence-electron chi connectivity index (χ3n) is 5.20. The lowest BCUT2D eigenvalue weighted by atomic mass is 9.86. The van der Waals surface area contributed by atoms with E-state index in [4.69, 9.17) is 9.47 Å². The molecule has 1 amide bonds. The molecule has 25 heavy (non-hydrogen) atoms. The van der Waals surface area contributed by atoms with E-state index < -0.39 is 0 Å². The SMILES string of the molecule is CCCCCCOc1cccc(NC(=O)O[C@@H]2CN3CCC2CC3)c1. The van der Waals surface area contributed by atoms with Crippen LogP contribution in [0.25, 0.3) is 0 Å². The Labute approximate surface area is 150 Å². The molecular formula is C20H30N2O3. The number of carbonyl (C=O) groups is 1. The van der Waals surface area contributed by atoms with Gasteiger partial charge in [-0.25, -0.2) is 4.79 Å². The van der Waals surface area contributed by atoms with Crippen LogP contribution in [0.5, 0.6) is 5.75 Å². The van der Waals surface area contributed by atoms with Crippen molar-refractivity contribution in [3.05, 3.63) is 24.3 Å². The molecule has 4 rings (SSSR count). The number of fused-ring (bicyclic) bond motifs is 3. The molecular weight excluding hydrogens is 316 g/mol. The van der Waals surface area contributed by atoms with Gasteiger partial charge in [-0.1, -0.05) is 32.3 Å². The molecule has 1 atom stereocenters. The van der Waals surface area contributed by atoms with Gasteiger partial charge < -0.3 is 9.47 Å². The first-order valence-electron chi connectivity index (χ1n) is 9.67. The summed E-state index contributed by atoms with van der Waals surface area (Å²) in [6, 6.07) is 7.54. The highest BCUT2D eigenvalue weighted by Gasteiger charge is 2.36. The molecule has 0 aromatic heterocycles. The smallest absolute Gasteiger partial charge is 0.411 e. The van der Waals surface area contributed by atoms with E-state index in [9.17, 15) is 4.79 Å². The van der Waals surface area contributed by atoms with Crippen molar-refractivity contribution in [3.8, 4) is 5.75 Å². The zero-order valence-electron chi connectivity index (χ0n) is 15.2. The summed E-state index contributed by atoms with van der Waals surface area (Å²) in [4.78, 5) is 14.6. The second-order valence-corrected chi connectivity index (χ2v) is 7.14. The summed E-state index contributed by atoms with van der Waals surface area (Å²) < 4.78 is 11.4. The van der Waals surface area contributed by atoms with Crippen LogP contribution in [0.4, 0.5) is 10.5 Å². The highest BCUT2D eigenvalue weighted by atomic mass is 16.6. The van der Waals surface area contributed by atoms with E-state index >= 15 is 0 Å². The highest BCUT2D eigenvalue weighted by molar-refractivity contribution is 5.85. The van der Waals surface area contributed by atoms with E-state index in [1.807, 2.05) is 24.3 Å². The molecule has 0 aliphatic carbocycles. The van der Waals surface area contributed by atoms with Gasteiger partial charge in [0.2, 0.25) is 0 Å². The number of ether oxygens (including phenoxy) is 2. The topological polar surface area (TPSA) is 50.8 Å². The predicted molar refractivity (Wildman–Crippen MR) is 99.1 cm³/mol. The number of piperidine rings is 3. The molecule has 3 aliphatic rings. The molecule has 3 aliphatic heterocycles. The van der Waals surface area contributed by atoms with E-state index in [-0.39, 0.29) is 12.2 Å². The summed E-state index contributed by atoms with van der Waals surface area (Å²) in [6.07, 6.45) is 6.67. The maximum absolute atomic E-state index is 12.2. The Morgan fingerprint density at radius 1 is 1.24 bits per heavy atom. The van der Waals surface area contributed by atoms with Gasteiger partial charge in [-0.3, -0.25) is 10.2 Å². The number of carbonyl (C=O) groups excluding carboxylic acids is 1. The lowest BCUT2D eigenvalue weighted by molar-refractivity contribution is -0.0289. The van der Waals surface area contributed by atoms with Crippen molar-refractivity contribution in [2.24, 2.45) is 5.92 Å². The Kier molecular flexibility index (Phi) is 6.56. The van der Waals surface area contributed by atoms with Crippen LogP contribution in [0.2, 0.25) is 0 Å². The lowest BCUT2D eigenvalue weighted by Crippen LogP contribution is -2.52. The van der Waals surface area contributed by atoms with Crippen LogP contribution in [0.3, 0.4) is 0 Å². The number of anilines is 1. The molecule has 5 nitrogen and oxygen atoms in total. The normalized spacial score (nSPS) is 24.8. The van der Waals surface area contributed by atoms with E-state index in [1.54, 1.807) is 0 Å². The second-order valence-electron chi connectivity index (χ2n) is 7.14. The van der Waals surface area contributed by atoms with Crippen molar-refractivity contribution in [1.29, 1.82) is 0 Å². The molecule has 5 heteroatoms. The average molecular weight is 346 g/mol. The van der Waals surface area contributed by atoms with Gasteiger partial charge in [0, 0.05) is 18.3 Å². The van der Waals surface area contributed by atoms with Crippen LogP contribution in [0.1, 0.15) is 45.4 Å². The fourth-order valence-electron chi connectivity index (χ4n) is 3.71. The summed E-state index contributed by atoms with van der Waals surface area (Å²) in [5.41, 5.74) is 0.720. The number of rotatable bonds is 8. The largest absolute Gasteiger partial charge is 0.494 e. The van der Waals surface area contributed by atoms with E-state index in [0.29, 0.717) is 12.5 Å². The van der Waals surface area contributed by atoms with Crippen molar-refractivity contribution >= 4 is 11.8 Å². The van der Waals surface area contributed by atoms with Crippen LogP contribution in [0.15, 0.2) is 24.3 Å². The zero-order chi connectivity index (χ0) is 17.5. The van der Waals surface area contributed by atoms with Gasteiger partial charge >= 0.3 is 6.09 Å². The maximum Gasteiger partial charge on any atom is 0.411 e. The molecule has 1 aromatic rings. The Morgan fingerprint density at radius 3 is 2.80 bits per heavy atom. The number of nitrogens with one attached hydrogen (secondary N) is 1. The van der Waals surface area contributed by atoms with Gasteiger partial charge in [-0.05, 0) is 50.4 Å². The zero-order valence-corrected chi connectivity index (χ0v) is 15.2. The van der Waals surface area contributed by atoms with Gasteiger partial charge in [0.25, 0.3) is 0 Å². The average Bonchev–Trinajstić information content (AvgIpc) is 2.63. The number of unbranched alkanes of at least 4 members (excludes halogenated alkanes) is 3. The van der Waals surface area contributed by atoms with E-state index in [1.165, 1.54) is 19.3 Å².